The van der Waals surface area contributed by atoms with Crippen LogP contribution in [0, 0.1) is 0 Å². The molecular formula is C22H22N4O4S. The molecule has 0 bridgehead atoms. The summed E-state index contributed by atoms with van der Waals surface area (Å²) in [6.07, 6.45) is 3.20. The molecule has 3 aromatic heterocycles. The molecule has 5 heterocycles. The lowest BCUT2D eigenvalue weighted by Gasteiger charge is -2.41. The molecule has 2 saturated heterocycles. The highest BCUT2D eigenvalue weighted by molar-refractivity contribution is 7.17. The first-order valence-electron chi connectivity index (χ1n) is 10.4. The van der Waals surface area contributed by atoms with Gasteiger partial charge in [-0.3, -0.25) is 4.90 Å². The van der Waals surface area contributed by atoms with Crippen LogP contribution in [0.1, 0.15) is 29.3 Å². The Balaban J connectivity index is 1.37. The number of fused-ring (bicyclic) bond motifs is 1. The fraction of sp³-hybridized carbons (Fsp3) is 0.364. The molecule has 1 atom stereocenters. The summed E-state index contributed by atoms with van der Waals surface area (Å²) in [6.45, 7) is 2.94. The quantitative estimate of drug-likeness (QED) is 0.520. The van der Waals surface area contributed by atoms with Gasteiger partial charge in [-0.25, -0.2) is 0 Å². The molecule has 1 spiro atoms. The van der Waals surface area contributed by atoms with Gasteiger partial charge in [-0.1, -0.05) is 41.7 Å². The predicted molar refractivity (Wildman–Crippen MR) is 114 cm³/mol. The summed E-state index contributed by atoms with van der Waals surface area (Å²) in [4.78, 5) is 8.42. The van der Waals surface area contributed by atoms with Crippen molar-refractivity contribution in [2.24, 2.45) is 0 Å². The van der Waals surface area contributed by atoms with Gasteiger partial charge in [0.2, 0.25) is 16.7 Å². The Bertz CT molecular complexity index is 1170. The van der Waals surface area contributed by atoms with Gasteiger partial charge >= 0.3 is 0 Å². The summed E-state index contributed by atoms with van der Waals surface area (Å²) in [6, 6.07) is 13.8. The molecule has 0 amide bonds. The molecule has 160 valence electrons. The largest absolute Gasteiger partial charge is 0.492 e. The third-order valence-electron chi connectivity index (χ3n) is 6.04. The lowest BCUT2D eigenvalue weighted by Crippen LogP contribution is -2.46. The van der Waals surface area contributed by atoms with Gasteiger partial charge in [0.15, 0.2) is 11.5 Å². The Morgan fingerprint density at radius 1 is 1.03 bits per heavy atom. The monoisotopic (exact) mass is 438 g/mol. The minimum absolute atomic E-state index is 0.0967. The van der Waals surface area contributed by atoms with E-state index in [1.165, 1.54) is 15.9 Å². The molecule has 4 aromatic rings. The molecule has 6 rings (SSSR count). The summed E-state index contributed by atoms with van der Waals surface area (Å²) in [5.41, 5.74) is 1.12. The van der Waals surface area contributed by atoms with Crippen LogP contribution < -0.4 is 0 Å². The van der Waals surface area contributed by atoms with Gasteiger partial charge in [0, 0.05) is 25.9 Å². The molecule has 0 radical (unpaired) electrons. The number of nitrogens with zero attached hydrogens (tertiary/aromatic N) is 4. The van der Waals surface area contributed by atoms with Crippen LogP contribution in [0.25, 0.3) is 16.5 Å². The average molecular weight is 439 g/mol. The molecule has 1 N–H and O–H groups in total. The third-order valence-corrected chi connectivity index (χ3v) is 7.12. The van der Waals surface area contributed by atoms with Crippen LogP contribution in [0.3, 0.4) is 0 Å². The Hall–Kier alpha value is -2.72. The van der Waals surface area contributed by atoms with Crippen LogP contribution in [0.4, 0.5) is 0 Å². The summed E-state index contributed by atoms with van der Waals surface area (Å²) >= 11 is 1.46. The highest BCUT2D eigenvalue weighted by atomic mass is 32.1. The fourth-order valence-electron chi connectivity index (χ4n) is 4.51. The first kappa shape index (κ1) is 19.0. The van der Waals surface area contributed by atoms with Crippen molar-refractivity contribution in [1.82, 2.24) is 19.5 Å². The molecule has 9 heteroatoms. The van der Waals surface area contributed by atoms with Crippen LogP contribution >= 0.6 is 11.3 Å². The fourth-order valence-corrected chi connectivity index (χ4v) is 5.63. The van der Waals surface area contributed by atoms with E-state index in [0.29, 0.717) is 29.8 Å². The van der Waals surface area contributed by atoms with Crippen molar-refractivity contribution in [2.75, 3.05) is 26.3 Å². The molecule has 0 aliphatic carbocycles. The smallest absolute Gasteiger partial charge is 0.230 e. The lowest BCUT2D eigenvalue weighted by molar-refractivity contribution is -0.187. The van der Waals surface area contributed by atoms with Gasteiger partial charge < -0.3 is 19.0 Å². The number of piperidine rings is 1. The number of aromatic nitrogens is 3. The van der Waals surface area contributed by atoms with E-state index in [0.717, 1.165) is 36.4 Å². The second kappa shape index (κ2) is 7.45. The zero-order valence-electron chi connectivity index (χ0n) is 16.8. The number of likely N-dealkylation sites (tertiary alicyclic amines) is 1. The highest BCUT2D eigenvalue weighted by Gasteiger charge is 2.42. The molecule has 8 nitrogen and oxygen atoms in total. The van der Waals surface area contributed by atoms with Gasteiger partial charge in [0.1, 0.15) is 0 Å². The third kappa shape index (κ3) is 3.25. The Kier molecular flexibility index (Phi) is 4.57. The number of aromatic hydroxyl groups is 1. The first-order valence-corrected chi connectivity index (χ1v) is 11.2. The van der Waals surface area contributed by atoms with E-state index in [1.54, 1.807) is 18.4 Å². The number of rotatable bonds is 4. The van der Waals surface area contributed by atoms with Gasteiger partial charge in [-0.15, -0.1) is 5.10 Å². The van der Waals surface area contributed by atoms with Crippen LogP contribution in [0.2, 0.25) is 0 Å². The van der Waals surface area contributed by atoms with E-state index in [1.807, 2.05) is 18.2 Å². The maximum absolute atomic E-state index is 11.1. The zero-order chi connectivity index (χ0) is 20.8. The lowest BCUT2D eigenvalue weighted by atomic mass is 9.97. The summed E-state index contributed by atoms with van der Waals surface area (Å²) in [5.74, 6) is 0.718. The van der Waals surface area contributed by atoms with E-state index >= 15 is 0 Å². The van der Waals surface area contributed by atoms with Crippen molar-refractivity contribution in [3.63, 3.8) is 0 Å². The molecule has 2 aliphatic heterocycles. The van der Waals surface area contributed by atoms with Gasteiger partial charge in [-0.05, 0) is 17.7 Å². The standard InChI is InChI=1S/C22H22N4O4S/c27-20-18(31-21-23-19(24-26(20)21)16-7-4-12-28-16)17(15-5-2-1-3-6-15)25-10-8-22(9-11-25)29-13-14-30-22/h1-7,12,17,27H,8-11,13-14H2/t17-/m1/s1. The molecule has 0 saturated carbocycles. The molecule has 2 fully saturated rings. The average Bonchev–Trinajstić information content (AvgIpc) is 3.58. The van der Waals surface area contributed by atoms with Gasteiger partial charge in [0.25, 0.3) is 0 Å². The Labute approximate surface area is 182 Å². The summed E-state index contributed by atoms with van der Waals surface area (Å²) in [5, 5.41) is 15.6. The van der Waals surface area contributed by atoms with E-state index in [9.17, 15) is 5.11 Å². The van der Waals surface area contributed by atoms with Crippen molar-refractivity contribution in [2.45, 2.75) is 24.7 Å². The number of furan rings is 1. The number of ether oxygens (including phenoxy) is 2. The van der Waals surface area contributed by atoms with Crippen molar-refractivity contribution >= 4 is 16.3 Å². The number of thiazole rings is 1. The van der Waals surface area contributed by atoms with E-state index in [2.05, 4.69) is 27.1 Å². The number of benzene rings is 1. The van der Waals surface area contributed by atoms with Crippen LogP contribution in [0.15, 0.2) is 53.1 Å². The highest BCUT2D eigenvalue weighted by Crippen LogP contribution is 2.43. The summed E-state index contributed by atoms with van der Waals surface area (Å²) in [7, 11) is 0. The van der Waals surface area contributed by atoms with Crippen LogP contribution in [-0.4, -0.2) is 56.7 Å². The van der Waals surface area contributed by atoms with E-state index in [4.69, 9.17) is 13.9 Å². The normalized spacial score (nSPS) is 20.0. The van der Waals surface area contributed by atoms with E-state index in [-0.39, 0.29) is 11.9 Å². The summed E-state index contributed by atoms with van der Waals surface area (Å²) < 4.78 is 18.7. The number of hydrogen-bond acceptors (Lipinski definition) is 8. The molecule has 1 aromatic carbocycles. The predicted octanol–water partition coefficient (Wildman–Crippen LogP) is 3.68. The molecule has 0 unspecified atom stereocenters. The molecular weight excluding hydrogens is 416 g/mol. The SMILES string of the molecule is Oc1c([C@@H](c2ccccc2)N2CCC3(CC2)OCCO3)sc2nc(-c3ccco3)nn12. The second-order valence-corrected chi connectivity index (χ2v) is 8.86. The molecule has 31 heavy (non-hydrogen) atoms. The first-order chi connectivity index (χ1) is 15.2. The maximum atomic E-state index is 11.1. The Morgan fingerprint density at radius 3 is 2.48 bits per heavy atom. The maximum Gasteiger partial charge on any atom is 0.230 e. The second-order valence-electron chi connectivity index (χ2n) is 7.85. The number of hydrogen-bond donors (Lipinski definition) is 1. The Morgan fingerprint density at radius 2 is 1.81 bits per heavy atom. The zero-order valence-corrected chi connectivity index (χ0v) is 17.6. The topological polar surface area (TPSA) is 85.3 Å². The van der Waals surface area contributed by atoms with Crippen LogP contribution in [-0.2, 0) is 9.47 Å². The minimum Gasteiger partial charge on any atom is -0.492 e. The van der Waals surface area contributed by atoms with Gasteiger partial charge in [-0.2, -0.15) is 9.50 Å². The molecule has 2 aliphatic rings. The van der Waals surface area contributed by atoms with Crippen molar-refractivity contribution in [3.8, 4) is 17.5 Å². The van der Waals surface area contributed by atoms with Crippen LogP contribution in [0.5, 0.6) is 5.88 Å². The van der Waals surface area contributed by atoms with Crippen molar-refractivity contribution < 1.29 is 19.0 Å². The minimum atomic E-state index is -0.441. The van der Waals surface area contributed by atoms with Crippen molar-refractivity contribution in [1.29, 1.82) is 0 Å². The van der Waals surface area contributed by atoms with E-state index < -0.39 is 5.79 Å². The van der Waals surface area contributed by atoms with Gasteiger partial charge in [0.05, 0.1) is 30.4 Å². The van der Waals surface area contributed by atoms with Crippen molar-refractivity contribution in [3.05, 3.63) is 59.2 Å².